The molecular formula is C21H24F3N3O. The van der Waals surface area contributed by atoms with Gasteiger partial charge in [-0.05, 0) is 36.2 Å². The van der Waals surface area contributed by atoms with E-state index in [2.05, 4.69) is 22.3 Å². The molecule has 0 aromatic heterocycles. The molecule has 2 aromatic rings. The third-order valence-corrected chi connectivity index (χ3v) is 5.18. The predicted molar refractivity (Wildman–Crippen MR) is 103 cm³/mol. The third-order valence-electron chi connectivity index (χ3n) is 5.18. The molecule has 2 aromatic carbocycles. The van der Waals surface area contributed by atoms with Crippen molar-refractivity contribution >= 4 is 11.6 Å². The van der Waals surface area contributed by atoms with Gasteiger partial charge in [-0.15, -0.1) is 0 Å². The maximum Gasteiger partial charge on any atom is 0.416 e. The number of nitrogens with two attached hydrogens (primary N) is 1. The van der Waals surface area contributed by atoms with Gasteiger partial charge in [0, 0.05) is 37.7 Å². The van der Waals surface area contributed by atoms with E-state index in [1.165, 1.54) is 17.7 Å². The molecule has 2 atom stereocenters. The highest BCUT2D eigenvalue weighted by molar-refractivity contribution is 5.90. The van der Waals surface area contributed by atoms with Crippen molar-refractivity contribution in [3.8, 4) is 0 Å². The molecule has 3 N–H and O–H groups in total. The van der Waals surface area contributed by atoms with Gasteiger partial charge in [-0.1, -0.05) is 36.4 Å². The largest absolute Gasteiger partial charge is 0.416 e. The van der Waals surface area contributed by atoms with E-state index in [-0.39, 0.29) is 18.0 Å². The van der Waals surface area contributed by atoms with Gasteiger partial charge >= 0.3 is 6.18 Å². The number of hydrogen-bond donors (Lipinski definition) is 2. The molecule has 0 bridgehead atoms. The van der Waals surface area contributed by atoms with Crippen molar-refractivity contribution in [3.63, 3.8) is 0 Å². The van der Waals surface area contributed by atoms with Crippen LogP contribution in [-0.4, -0.2) is 37.0 Å². The number of nitrogens with zero attached hydrogens (tertiary/aromatic N) is 1. The molecule has 28 heavy (non-hydrogen) atoms. The van der Waals surface area contributed by atoms with E-state index in [9.17, 15) is 18.0 Å². The van der Waals surface area contributed by atoms with E-state index in [0.717, 1.165) is 25.2 Å². The summed E-state index contributed by atoms with van der Waals surface area (Å²) in [6, 6.07) is 14.9. The Bertz CT molecular complexity index is 795. The summed E-state index contributed by atoms with van der Waals surface area (Å²) >= 11 is 0. The minimum Gasteiger partial charge on any atom is -0.330 e. The van der Waals surface area contributed by atoms with E-state index in [0.29, 0.717) is 24.9 Å². The smallest absolute Gasteiger partial charge is 0.330 e. The number of benzene rings is 2. The number of anilines is 1. The van der Waals surface area contributed by atoms with Crippen LogP contribution in [0, 0.1) is 5.92 Å². The number of likely N-dealkylation sites (tertiary alicyclic amines) is 1. The van der Waals surface area contributed by atoms with Crippen molar-refractivity contribution in [2.24, 2.45) is 11.7 Å². The molecule has 0 saturated carbocycles. The molecule has 7 heteroatoms. The van der Waals surface area contributed by atoms with E-state index >= 15 is 0 Å². The second kappa shape index (κ2) is 8.75. The van der Waals surface area contributed by atoms with E-state index in [4.69, 9.17) is 5.73 Å². The second-order valence-electron chi connectivity index (χ2n) is 7.15. The molecule has 0 radical (unpaired) electrons. The van der Waals surface area contributed by atoms with Gasteiger partial charge in [0.05, 0.1) is 5.56 Å². The summed E-state index contributed by atoms with van der Waals surface area (Å²) < 4.78 is 38.3. The van der Waals surface area contributed by atoms with Gasteiger partial charge in [0.15, 0.2) is 0 Å². The van der Waals surface area contributed by atoms with Crippen molar-refractivity contribution in [2.45, 2.75) is 18.5 Å². The zero-order chi connectivity index (χ0) is 20.1. The molecule has 4 nitrogen and oxygen atoms in total. The third kappa shape index (κ3) is 5.11. The van der Waals surface area contributed by atoms with Crippen LogP contribution in [0.15, 0.2) is 54.6 Å². The van der Waals surface area contributed by atoms with Gasteiger partial charge in [0.1, 0.15) is 0 Å². The van der Waals surface area contributed by atoms with E-state index in [1.807, 2.05) is 18.2 Å². The number of hydrogen-bond acceptors (Lipinski definition) is 3. The summed E-state index contributed by atoms with van der Waals surface area (Å²) in [5.41, 5.74) is 6.56. The average molecular weight is 391 g/mol. The monoisotopic (exact) mass is 391 g/mol. The van der Waals surface area contributed by atoms with Crippen LogP contribution in [0.4, 0.5) is 18.9 Å². The summed E-state index contributed by atoms with van der Waals surface area (Å²) in [5, 5.41) is 2.56. The van der Waals surface area contributed by atoms with Crippen LogP contribution in [0.3, 0.4) is 0 Å². The first-order chi connectivity index (χ1) is 13.4. The first-order valence-electron chi connectivity index (χ1n) is 9.31. The SMILES string of the molecule is NC[C@@H]1CN(CCC(=O)Nc2cccc(C(F)(F)F)c2)C[C@H]1c1ccccc1. The molecule has 0 unspecified atom stereocenters. The van der Waals surface area contributed by atoms with Gasteiger partial charge in [0.25, 0.3) is 0 Å². The van der Waals surface area contributed by atoms with Crippen LogP contribution in [-0.2, 0) is 11.0 Å². The first-order valence-corrected chi connectivity index (χ1v) is 9.31. The summed E-state index contributed by atoms with van der Waals surface area (Å²) in [5.74, 6) is 0.360. The maximum atomic E-state index is 12.8. The first kappa shape index (κ1) is 20.4. The van der Waals surface area contributed by atoms with Gasteiger partial charge in [-0.3, -0.25) is 4.79 Å². The molecule has 1 saturated heterocycles. The van der Waals surface area contributed by atoms with Crippen molar-refractivity contribution in [1.82, 2.24) is 4.90 Å². The van der Waals surface area contributed by atoms with E-state index < -0.39 is 11.7 Å². The number of rotatable bonds is 6. The van der Waals surface area contributed by atoms with Crippen LogP contribution < -0.4 is 11.1 Å². The lowest BCUT2D eigenvalue weighted by atomic mass is 9.89. The molecule has 0 aliphatic carbocycles. The maximum absolute atomic E-state index is 12.8. The fraction of sp³-hybridized carbons (Fsp3) is 0.381. The minimum absolute atomic E-state index is 0.156. The average Bonchev–Trinajstić information content (AvgIpc) is 3.10. The van der Waals surface area contributed by atoms with Crippen molar-refractivity contribution in [1.29, 1.82) is 0 Å². The zero-order valence-corrected chi connectivity index (χ0v) is 15.5. The van der Waals surface area contributed by atoms with Crippen LogP contribution in [0.1, 0.15) is 23.5 Å². The Hall–Kier alpha value is -2.38. The molecule has 1 aliphatic rings. The number of carbonyl (C=O) groups excluding carboxylic acids is 1. The summed E-state index contributed by atoms with van der Waals surface area (Å²) in [6.07, 6.45) is -4.21. The Kier molecular flexibility index (Phi) is 6.36. The topological polar surface area (TPSA) is 58.4 Å². The van der Waals surface area contributed by atoms with Crippen molar-refractivity contribution in [2.75, 3.05) is 31.5 Å². The molecule has 0 spiro atoms. The standard InChI is InChI=1S/C21H24F3N3O/c22-21(23,24)17-7-4-8-18(11-17)26-20(28)9-10-27-13-16(12-25)19(14-27)15-5-2-1-3-6-15/h1-8,11,16,19H,9-10,12-14,25H2,(H,26,28)/t16-,19+/m1/s1. The van der Waals surface area contributed by atoms with Crippen molar-refractivity contribution in [3.05, 3.63) is 65.7 Å². The summed E-state index contributed by atoms with van der Waals surface area (Å²) in [7, 11) is 0. The highest BCUT2D eigenvalue weighted by atomic mass is 19.4. The number of nitrogens with one attached hydrogen (secondary N) is 1. The van der Waals surface area contributed by atoms with Crippen LogP contribution in [0.25, 0.3) is 0 Å². The molecule has 1 fully saturated rings. The van der Waals surface area contributed by atoms with Crippen LogP contribution in [0.2, 0.25) is 0 Å². The van der Waals surface area contributed by atoms with Crippen LogP contribution >= 0.6 is 0 Å². The lowest BCUT2D eigenvalue weighted by Crippen LogP contribution is -2.27. The van der Waals surface area contributed by atoms with Crippen molar-refractivity contribution < 1.29 is 18.0 Å². The fourth-order valence-electron chi connectivity index (χ4n) is 3.72. The van der Waals surface area contributed by atoms with Gasteiger partial charge in [-0.25, -0.2) is 0 Å². The lowest BCUT2D eigenvalue weighted by Gasteiger charge is -2.17. The molecule has 3 rings (SSSR count). The van der Waals surface area contributed by atoms with E-state index in [1.54, 1.807) is 0 Å². The highest BCUT2D eigenvalue weighted by Crippen LogP contribution is 2.32. The predicted octanol–water partition coefficient (Wildman–Crippen LogP) is 3.71. The van der Waals surface area contributed by atoms with Crippen LogP contribution in [0.5, 0.6) is 0 Å². The minimum atomic E-state index is -4.43. The highest BCUT2D eigenvalue weighted by Gasteiger charge is 2.33. The molecule has 1 heterocycles. The summed E-state index contributed by atoms with van der Waals surface area (Å²) in [4.78, 5) is 14.4. The summed E-state index contributed by atoms with van der Waals surface area (Å²) in [6.45, 7) is 2.76. The Balaban J connectivity index is 1.54. The Labute approximate surface area is 162 Å². The second-order valence-corrected chi connectivity index (χ2v) is 7.15. The Morgan fingerprint density at radius 3 is 2.54 bits per heavy atom. The molecular weight excluding hydrogens is 367 g/mol. The number of alkyl halides is 3. The number of amides is 1. The number of halogens is 3. The normalized spacial score (nSPS) is 20.3. The van der Waals surface area contributed by atoms with Gasteiger partial charge in [0.2, 0.25) is 5.91 Å². The van der Waals surface area contributed by atoms with Gasteiger partial charge in [-0.2, -0.15) is 13.2 Å². The Morgan fingerprint density at radius 1 is 1.11 bits per heavy atom. The number of carbonyl (C=O) groups is 1. The molecule has 1 amide bonds. The Morgan fingerprint density at radius 2 is 1.86 bits per heavy atom. The molecule has 150 valence electrons. The quantitative estimate of drug-likeness (QED) is 0.789. The zero-order valence-electron chi connectivity index (χ0n) is 15.5. The fourth-order valence-corrected chi connectivity index (χ4v) is 3.72. The lowest BCUT2D eigenvalue weighted by molar-refractivity contribution is -0.137. The molecule has 1 aliphatic heterocycles. The van der Waals surface area contributed by atoms with Gasteiger partial charge < -0.3 is 16.0 Å².